The second kappa shape index (κ2) is 24.4. The van der Waals surface area contributed by atoms with Gasteiger partial charge in [0.25, 0.3) is 0 Å². The summed E-state index contributed by atoms with van der Waals surface area (Å²) in [5.74, 6) is 0. The fourth-order valence-electron chi connectivity index (χ4n) is 2.83. The Morgan fingerprint density at radius 1 is 0.714 bits per heavy atom. The first-order valence-electron chi connectivity index (χ1n) is 12.0. The third-order valence-corrected chi connectivity index (χ3v) is 6.41. The van der Waals surface area contributed by atoms with Crippen LogP contribution in [0.5, 0.6) is 0 Å². The quantitative estimate of drug-likeness (QED) is 0.125. The van der Waals surface area contributed by atoms with Crippen LogP contribution in [0.15, 0.2) is 0 Å². The molecule has 4 nitrogen and oxygen atoms in total. The maximum absolute atomic E-state index is 10.5. The van der Waals surface area contributed by atoms with Crippen molar-refractivity contribution in [2.45, 2.75) is 133 Å². The van der Waals surface area contributed by atoms with Crippen LogP contribution in [-0.4, -0.2) is 44.3 Å². The summed E-state index contributed by atoms with van der Waals surface area (Å²) in [4.78, 5) is 17.1. The predicted molar refractivity (Wildman–Crippen MR) is 123 cm³/mol. The molecule has 28 heavy (non-hydrogen) atoms. The van der Waals surface area contributed by atoms with E-state index in [-0.39, 0.29) is 6.61 Å². The van der Waals surface area contributed by atoms with Crippen LogP contribution >= 0.6 is 7.82 Å². The van der Waals surface area contributed by atoms with Gasteiger partial charge in [0.2, 0.25) is 0 Å². The van der Waals surface area contributed by atoms with Gasteiger partial charge >= 0.3 is 59.2 Å². The molecule has 0 aromatic rings. The first-order chi connectivity index (χ1) is 13.3. The molecule has 0 rings (SSSR count). The molecule has 0 bridgehead atoms. The van der Waals surface area contributed by atoms with Gasteiger partial charge in [0, 0.05) is 0 Å². The van der Waals surface area contributed by atoms with E-state index < -0.39 is 7.82 Å². The van der Waals surface area contributed by atoms with Crippen LogP contribution < -0.4 is 0 Å². The van der Waals surface area contributed by atoms with E-state index in [2.05, 4.69) is 25.3 Å². The van der Waals surface area contributed by atoms with Crippen molar-refractivity contribution in [3.63, 3.8) is 0 Å². The van der Waals surface area contributed by atoms with Crippen LogP contribution in [0.3, 0.4) is 0 Å². The number of hydrogen-bond acceptors (Lipinski definition) is 2. The number of rotatable bonds is 19. The van der Waals surface area contributed by atoms with Gasteiger partial charge < -0.3 is 9.79 Å². The van der Waals surface area contributed by atoms with E-state index in [1.165, 1.54) is 118 Å². The molecule has 0 aliphatic heterocycles. The van der Waals surface area contributed by atoms with Crippen molar-refractivity contribution in [2.24, 2.45) is 0 Å². The molecule has 0 spiro atoms. The SMILES string of the molecule is CCCCCCCCCCCCCCCCCCOP(=O)(O)O.CC[CH](C)[Na]. The third kappa shape index (κ3) is 34.6. The number of phosphoric acid groups is 1. The number of unbranched alkanes of at least 4 members (excludes halogenated alkanes) is 15. The Bertz CT molecular complexity index is 334. The van der Waals surface area contributed by atoms with E-state index in [4.69, 9.17) is 9.79 Å². The molecule has 0 amide bonds. The summed E-state index contributed by atoms with van der Waals surface area (Å²) in [6, 6.07) is 0. The van der Waals surface area contributed by atoms with Crippen molar-refractivity contribution in [1.82, 2.24) is 0 Å². The fourth-order valence-corrected chi connectivity index (χ4v) is 3.20. The van der Waals surface area contributed by atoms with Gasteiger partial charge in [-0.25, -0.2) is 4.57 Å². The van der Waals surface area contributed by atoms with Crippen LogP contribution in [0.25, 0.3) is 0 Å². The van der Waals surface area contributed by atoms with Gasteiger partial charge in [-0.3, -0.25) is 4.52 Å². The van der Waals surface area contributed by atoms with Crippen LogP contribution in [0.4, 0.5) is 0 Å². The van der Waals surface area contributed by atoms with E-state index >= 15 is 0 Å². The van der Waals surface area contributed by atoms with E-state index in [9.17, 15) is 4.57 Å². The van der Waals surface area contributed by atoms with E-state index in [1.807, 2.05) is 0 Å². The Balaban J connectivity index is 0. The molecular formula is C22H48NaO4P. The van der Waals surface area contributed by atoms with E-state index in [0.717, 1.165) is 22.4 Å². The summed E-state index contributed by atoms with van der Waals surface area (Å²) < 4.78 is 15.9. The number of phosphoric ester groups is 1. The molecule has 1 unspecified atom stereocenters. The normalized spacial score (nSPS) is 12.5. The first-order valence-corrected chi connectivity index (χ1v) is 14.7. The minimum atomic E-state index is -4.26. The molecule has 6 heteroatoms. The van der Waals surface area contributed by atoms with Gasteiger partial charge in [0.15, 0.2) is 0 Å². The van der Waals surface area contributed by atoms with Crippen LogP contribution in [0.2, 0.25) is 3.17 Å². The molecule has 166 valence electrons. The maximum atomic E-state index is 10.5. The minimum absolute atomic E-state index is 0.169. The average molecular weight is 431 g/mol. The van der Waals surface area contributed by atoms with Gasteiger partial charge in [-0.1, -0.05) is 103 Å². The van der Waals surface area contributed by atoms with Crippen LogP contribution in [-0.2, 0) is 9.09 Å². The summed E-state index contributed by atoms with van der Waals surface area (Å²) in [7, 11) is -4.26. The number of hydrogen-bond donors (Lipinski definition) is 2. The molecule has 0 aliphatic carbocycles. The van der Waals surface area contributed by atoms with Crippen molar-refractivity contribution in [2.75, 3.05) is 6.61 Å². The molecule has 0 aliphatic rings. The average Bonchev–Trinajstić information content (AvgIpc) is 2.64. The topological polar surface area (TPSA) is 66.8 Å². The van der Waals surface area contributed by atoms with Crippen molar-refractivity contribution in [3.05, 3.63) is 0 Å². The third-order valence-electron chi connectivity index (χ3n) is 5.07. The van der Waals surface area contributed by atoms with Crippen molar-refractivity contribution in [1.29, 1.82) is 0 Å². The molecule has 0 aromatic heterocycles. The van der Waals surface area contributed by atoms with Gasteiger partial charge in [0.05, 0.1) is 6.61 Å². The first kappa shape index (κ1) is 31.3. The fraction of sp³-hybridized carbons (Fsp3) is 1.00. The molecule has 0 aromatic carbocycles. The Labute approximate surface area is 193 Å². The van der Waals surface area contributed by atoms with Gasteiger partial charge in [0.1, 0.15) is 0 Å². The van der Waals surface area contributed by atoms with Crippen molar-refractivity contribution < 1.29 is 18.9 Å². The summed E-state index contributed by atoms with van der Waals surface area (Å²) in [5, 5.41) is 0. The predicted octanol–water partition coefficient (Wildman–Crippen LogP) is 7.73. The monoisotopic (exact) mass is 430 g/mol. The second-order valence-corrected chi connectivity index (χ2v) is 11.6. The van der Waals surface area contributed by atoms with Crippen molar-refractivity contribution in [3.8, 4) is 0 Å². The molecule has 0 heterocycles. The zero-order valence-corrected chi connectivity index (χ0v) is 22.4. The summed E-state index contributed by atoms with van der Waals surface area (Å²) in [6.07, 6.45) is 22.1. The molecule has 0 saturated heterocycles. The van der Waals surface area contributed by atoms with Gasteiger partial charge in [-0.05, 0) is 6.42 Å². The standard InChI is InChI=1S/C18H39O4P.C4H9.Na/c1-2-3-4-5-6-7-8-9-10-11-12-13-14-15-16-17-18-22-23(19,20)21;1-3-4-2;/h2-18H2,1H3,(H2,19,20,21);3H,4H2,1-2H3;. The Morgan fingerprint density at radius 2 is 1.00 bits per heavy atom. The summed E-state index contributed by atoms with van der Waals surface area (Å²) in [6.45, 7) is 6.95. The van der Waals surface area contributed by atoms with E-state index in [1.54, 1.807) is 0 Å². The van der Waals surface area contributed by atoms with Crippen molar-refractivity contribution >= 4 is 35.8 Å². The molecule has 0 radical (unpaired) electrons. The molecule has 0 saturated carbocycles. The van der Waals surface area contributed by atoms with E-state index in [0.29, 0.717) is 0 Å². The zero-order valence-electron chi connectivity index (χ0n) is 19.5. The Morgan fingerprint density at radius 3 is 1.25 bits per heavy atom. The molecular weight excluding hydrogens is 382 g/mol. The summed E-state index contributed by atoms with van der Waals surface area (Å²) in [5.41, 5.74) is 0. The zero-order chi connectivity index (χ0) is 21.5. The molecule has 1 atom stereocenters. The second-order valence-electron chi connectivity index (χ2n) is 8.43. The van der Waals surface area contributed by atoms with Crippen LogP contribution in [0, 0.1) is 0 Å². The Kier molecular flexibility index (Phi) is 27.3. The molecule has 0 fully saturated rings. The van der Waals surface area contributed by atoms with Gasteiger partial charge in [-0.2, -0.15) is 0 Å². The van der Waals surface area contributed by atoms with Gasteiger partial charge in [-0.15, -0.1) is 0 Å². The van der Waals surface area contributed by atoms with Crippen LogP contribution in [0.1, 0.15) is 130 Å². The Hall–Kier alpha value is 1.11. The summed E-state index contributed by atoms with van der Waals surface area (Å²) >= 11 is 1.37. The molecule has 2 N–H and O–H groups in total.